The van der Waals surface area contributed by atoms with Crippen LogP contribution in [0.15, 0.2) is 48.2 Å². The Balaban J connectivity index is 2.56. The first-order valence-electron chi connectivity index (χ1n) is 7.67. The molecule has 2 unspecified atom stereocenters. The molecule has 0 bridgehead atoms. The van der Waals surface area contributed by atoms with Gasteiger partial charge in [-0.1, -0.05) is 51.1 Å². The zero-order valence-corrected chi connectivity index (χ0v) is 13.7. The van der Waals surface area contributed by atoms with Crippen LogP contribution in [0.1, 0.15) is 32.8 Å². The van der Waals surface area contributed by atoms with Crippen LogP contribution in [0.5, 0.6) is 0 Å². The third kappa shape index (κ3) is 2.73. The molecule has 0 radical (unpaired) electrons. The van der Waals surface area contributed by atoms with E-state index in [4.69, 9.17) is 4.74 Å². The molecule has 2 rings (SSSR count). The predicted molar refractivity (Wildman–Crippen MR) is 88.5 cm³/mol. The minimum atomic E-state index is -0.902. The Kier molecular flexibility index (Phi) is 4.87. The SMILES string of the molecule is COC1(CC(C)C)C(=O)C=C(c2ccccc2)C(=CO)C1C. The lowest BCUT2D eigenvalue weighted by Crippen LogP contribution is -2.50. The zero-order chi connectivity index (χ0) is 16.3. The van der Waals surface area contributed by atoms with Crippen LogP contribution < -0.4 is 0 Å². The maximum absolute atomic E-state index is 12.8. The Morgan fingerprint density at radius 3 is 2.45 bits per heavy atom. The number of allylic oxidation sites excluding steroid dienone is 1. The second-order valence-corrected chi connectivity index (χ2v) is 6.29. The van der Waals surface area contributed by atoms with E-state index >= 15 is 0 Å². The minimum Gasteiger partial charge on any atom is -0.515 e. The summed E-state index contributed by atoms with van der Waals surface area (Å²) in [5, 5.41) is 9.77. The summed E-state index contributed by atoms with van der Waals surface area (Å²) in [6, 6.07) is 9.66. The number of methoxy groups -OCH3 is 1. The number of hydrogen-bond donors (Lipinski definition) is 1. The number of aliphatic hydroxyl groups is 1. The number of aliphatic hydroxyl groups excluding tert-OH is 1. The van der Waals surface area contributed by atoms with E-state index in [0.717, 1.165) is 23.0 Å². The monoisotopic (exact) mass is 300 g/mol. The first kappa shape index (κ1) is 16.5. The van der Waals surface area contributed by atoms with Crippen molar-refractivity contribution in [2.45, 2.75) is 32.8 Å². The molecule has 118 valence electrons. The van der Waals surface area contributed by atoms with Crippen molar-refractivity contribution in [3.05, 3.63) is 53.8 Å². The minimum absolute atomic E-state index is 0.0272. The molecule has 1 aromatic rings. The summed E-state index contributed by atoms with van der Waals surface area (Å²) in [5.41, 5.74) is 1.55. The summed E-state index contributed by atoms with van der Waals surface area (Å²) in [6.07, 6.45) is 3.35. The standard InChI is InChI=1S/C19H24O3/c1-13(2)11-19(22-4)14(3)17(12-20)16(10-18(19)21)15-8-6-5-7-9-15/h5-10,12-14,20H,11H2,1-4H3. The van der Waals surface area contributed by atoms with Crippen LogP contribution in [0, 0.1) is 11.8 Å². The Hall–Kier alpha value is -1.87. The summed E-state index contributed by atoms with van der Waals surface area (Å²) >= 11 is 0. The summed E-state index contributed by atoms with van der Waals surface area (Å²) in [7, 11) is 1.58. The van der Waals surface area contributed by atoms with Gasteiger partial charge in [-0.3, -0.25) is 4.79 Å². The molecular formula is C19H24O3. The van der Waals surface area contributed by atoms with E-state index in [0.29, 0.717) is 12.3 Å². The lowest BCUT2D eigenvalue weighted by Gasteiger charge is -2.41. The molecule has 0 saturated carbocycles. The second kappa shape index (κ2) is 6.49. The number of ketones is 1. The van der Waals surface area contributed by atoms with Crippen molar-refractivity contribution in [2.24, 2.45) is 11.8 Å². The molecule has 1 aromatic carbocycles. The van der Waals surface area contributed by atoms with E-state index in [1.807, 2.05) is 37.3 Å². The van der Waals surface area contributed by atoms with Gasteiger partial charge in [0.25, 0.3) is 0 Å². The average molecular weight is 300 g/mol. The lowest BCUT2D eigenvalue weighted by atomic mass is 9.68. The second-order valence-electron chi connectivity index (χ2n) is 6.29. The summed E-state index contributed by atoms with van der Waals surface area (Å²) in [5.74, 6) is 0.0798. The third-order valence-corrected chi connectivity index (χ3v) is 4.47. The van der Waals surface area contributed by atoms with Gasteiger partial charge in [0, 0.05) is 18.6 Å². The third-order valence-electron chi connectivity index (χ3n) is 4.47. The van der Waals surface area contributed by atoms with Crippen molar-refractivity contribution in [1.29, 1.82) is 0 Å². The average Bonchev–Trinajstić information content (AvgIpc) is 2.51. The Morgan fingerprint density at radius 2 is 1.95 bits per heavy atom. The Labute approximate surface area is 132 Å². The van der Waals surface area contributed by atoms with Crippen LogP contribution in [-0.4, -0.2) is 23.6 Å². The molecule has 0 spiro atoms. The highest BCUT2D eigenvalue weighted by Crippen LogP contribution is 2.44. The maximum atomic E-state index is 12.8. The summed E-state index contributed by atoms with van der Waals surface area (Å²) < 4.78 is 5.68. The molecule has 2 atom stereocenters. The topological polar surface area (TPSA) is 46.5 Å². The molecular weight excluding hydrogens is 276 g/mol. The largest absolute Gasteiger partial charge is 0.515 e. The van der Waals surface area contributed by atoms with Gasteiger partial charge in [-0.25, -0.2) is 0 Å². The van der Waals surface area contributed by atoms with Crippen LogP contribution in [0.2, 0.25) is 0 Å². The number of rotatable bonds is 4. The van der Waals surface area contributed by atoms with Crippen LogP contribution >= 0.6 is 0 Å². The first-order valence-corrected chi connectivity index (χ1v) is 7.67. The highest BCUT2D eigenvalue weighted by atomic mass is 16.5. The van der Waals surface area contributed by atoms with Gasteiger partial charge in [-0.05, 0) is 29.6 Å². The highest BCUT2D eigenvalue weighted by Gasteiger charge is 2.48. The van der Waals surface area contributed by atoms with Gasteiger partial charge in [0.2, 0.25) is 0 Å². The van der Waals surface area contributed by atoms with E-state index in [9.17, 15) is 9.90 Å². The molecule has 0 saturated heterocycles. The molecule has 0 heterocycles. The van der Waals surface area contributed by atoms with Crippen molar-refractivity contribution in [2.75, 3.05) is 7.11 Å². The van der Waals surface area contributed by atoms with Crippen LogP contribution in [0.25, 0.3) is 5.57 Å². The molecule has 0 amide bonds. The molecule has 3 heteroatoms. The van der Waals surface area contributed by atoms with Crippen LogP contribution in [0.4, 0.5) is 0 Å². The number of hydrogen-bond acceptors (Lipinski definition) is 3. The van der Waals surface area contributed by atoms with Gasteiger partial charge in [-0.15, -0.1) is 0 Å². The first-order chi connectivity index (χ1) is 10.5. The van der Waals surface area contributed by atoms with E-state index in [1.54, 1.807) is 13.2 Å². The lowest BCUT2D eigenvalue weighted by molar-refractivity contribution is -0.143. The predicted octanol–water partition coefficient (Wildman–Crippen LogP) is 4.16. The van der Waals surface area contributed by atoms with Gasteiger partial charge in [0.15, 0.2) is 5.78 Å². The van der Waals surface area contributed by atoms with Crippen LogP contribution in [0.3, 0.4) is 0 Å². The van der Waals surface area contributed by atoms with Gasteiger partial charge < -0.3 is 9.84 Å². The van der Waals surface area contributed by atoms with Crippen LogP contribution in [-0.2, 0) is 9.53 Å². The van der Waals surface area contributed by atoms with Crippen molar-refractivity contribution in [3.63, 3.8) is 0 Å². The number of carbonyl (C=O) groups excluding carboxylic acids is 1. The summed E-state index contributed by atoms with van der Waals surface area (Å²) in [6.45, 7) is 6.08. The Bertz CT molecular complexity index is 598. The van der Waals surface area contributed by atoms with Crippen molar-refractivity contribution >= 4 is 11.4 Å². The fourth-order valence-electron chi connectivity index (χ4n) is 3.33. The molecule has 1 aliphatic rings. The van der Waals surface area contributed by atoms with E-state index in [1.165, 1.54) is 0 Å². The molecule has 3 nitrogen and oxygen atoms in total. The smallest absolute Gasteiger partial charge is 0.188 e. The Morgan fingerprint density at radius 1 is 1.32 bits per heavy atom. The fraction of sp³-hybridized carbons (Fsp3) is 0.421. The number of ether oxygens (including phenoxy) is 1. The fourth-order valence-corrected chi connectivity index (χ4v) is 3.33. The van der Waals surface area contributed by atoms with E-state index < -0.39 is 5.60 Å². The molecule has 1 aliphatic carbocycles. The quantitative estimate of drug-likeness (QED) is 0.849. The molecule has 1 N–H and O–H groups in total. The summed E-state index contributed by atoms with van der Waals surface area (Å²) in [4.78, 5) is 12.8. The normalized spacial score (nSPS) is 27.3. The van der Waals surface area contributed by atoms with Crippen molar-refractivity contribution in [1.82, 2.24) is 0 Å². The van der Waals surface area contributed by atoms with Crippen molar-refractivity contribution < 1.29 is 14.6 Å². The molecule has 22 heavy (non-hydrogen) atoms. The zero-order valence-electron chi connectivity index (χ0n) is 13.7. The van der Waals surface area contributed by atoms with Gasteiger partial charge in [0.05, 0.1) is 6.26 Å². The van der Waals surface area contributed by atoms with Gasteiger partial charge in [-0.2, -0.15) is 0 Å². The van der Waals surface area contributed by atoms with E-state index in [-0.39, 0.29) is 11.7 Å². The molecule has 0 aromatic heterocycles. The van der Waals surface area contributed by atoms with Gasteiger partial charge >= 0.3 is 0 Å². The van der Waals surface area contributed by atoms with Crippen molar-refractivity contribution in [3.8, 4) is 0 Å². The highest BCUT2D eigenvalue weighted by molar-refractivity contribution is 6.08. The van der Waals surface area contributed by atoms with E-state index in [2.05, 4.69) is 13.8 Å². The molecule has 0 aliphatic heterocycles. The molecule has 0 fully saturated rings. The maximum Gasteiger partial charge on any atom is 0.188 e. The number of benzene rings is 1. The van der Waals surface area contributed by atoms with Gasteiger partial charge in [0.1, 0.15) is 5.60 Å². The number of carbonyl (C=O) groups is 1.